The van der Waals surface area contributed by atoms with Crippen molar-refractivity contribution in [2.45, 2.75) is 13.3 Å². The lowest BCUT2D eigenvalue weighted by Crippen LogP contribution is -2.31. The Morgan fingerprint density at radius 1 is 1.76 bits per heavy atom. The van der Waals surface area contributed by atoms with E-state index in [1.54, 1.807) is 13.0 Å². The van der Waals surface area contributed by atoms with Crippen LogP contribution >= 0.6 is 0 Å². The van der Waals surface area contributed by atoms with Crippen LogP contribution in [0, 0.1) is 12.8 Å². The molecule has 1 aromatic rings. The maximum Gasteiger partial charge on any atom is 0.239 e. The fourth-order valence-corrected chi connectivity index (χ4v) is 2.02. The minimum absolute atomic E-state index is 0.100. The maximum absolute atomic E-state index is 11.7. The lowest BCUT2D eigenvalue weighted by atomic mass is 10.1. The van der Waals surface area contributed by atoms with Crippen LogP contribution in [-0.4, -0.2) is 47.3 Å². The van der Waals surface area contributed by atoms with E-state index < -0.39 is 0 Å². The molecule has 2 rings (SSSR count). The van der Waals surface area contributed by atoms with E-state index in [1.165, 1.54) is 0 Å². The summed E-state index contributed by atoms with van der Waals surface area (Å²) < 4.78 is 4.86. The van der Waals surface area contributed by atoms with Crippen LogP contribution in [0.1, 0.15) is 12.2 Å². The monoisotopic (exact) mass is 239 g/mol. The van der Waals surface area contributed by atoms with Crippen LogP contribution in [0.25, 0.3) is 0 Å². The van der Waals surface area contributed by atoms with Crippen LogP contribution in [0.4, 0.5) is 5.82 Å². The molecule has 0 aliphatic carbocycles. The van der Waals surface area contributed by atoms with E-state index in [1.807, 2.05) is 4.90 Å². The molecule has 2 N–H and O–H groups in total. The smallest absolute Gasteiger partial charge is 0.239 e. The van der Waals surface area contributed by atoms with Crippen LogP contribution in [0.15, 0.2) is 10.6 Å². The summed E-state index contributed by atoms with van der Waals surface area (Å²) >= 11 is 0. The van der Waals surface area contributed by atoms with Gasteiger partial charge in [0.1, 0.15) is 5.76 Å². The van der Waals surface area contributed by atoms with Crippen LogP contribution in [-0.2, 0) is 4.79 Å². The molecule has 0 bridgehead atoms. The average Bonchev–Trinajstić information content (AvgIpc) is 2.88. The Morgan fingerprint density at radius 2 is 2.59 bits per heavy atom. The number of aromatic nitrogens is 1. The van der Waals surface area contributed by atoms with E-state index >= 15 is 0 Å². The molecular weight excluding hydrogens is 222 g/mol. The van der Waals surface area contributed by atoms with Gasteiger partial charge in [-0.25, -0.2) is 0 Å². The molecule has 6 nitrogen and oxygen atoms in total. The number of carbonyl (C=O) groups is 1. The van der Waals surface area contributed by atoms with Gasteiger partial charge in [-0.2, -0.15) is 0 Å². The predicted molar refractivity (Wildman–Crippen MR) is 61.5 cm³/mol. The molecule has 0 spiro atoms. The summed E-state index contributed by atoms with van der Waals surface area (Å²) in [6.07, 6.45) is 0.951. The van der Waals surface area contributed by atoms with Gasteiger partial charge in [0.2, 0.25) is 5.91 Å². The first kappa shape index (κ1) is 12.1. The molecule has 6 heteroatoms. The normalized spacial score (nSPS) is 20.7. The van der Waals surface area contributed by atoms with Gasteiger partial charge >= 0.3 is 0 Å². The summed E-state index contributed by atoms with van der Waals surface area (Å²) in [5.41, 5.74) is 0. The molecule has 1 aromatic heterocycles. The molecular formula is C11H17N3O3. The van der Waals surface area contributed by atoms with Crippen LogP contribution in [0.2, 0.25) is 0 Å². The second-order valence-corrected chi connectivity index (χ2v) is 4.44. The number of nitrogens with one attached hydrogen (secondary N) is 1. The molecule has 0 saturated carbocycles. The second-order valence-electron chi connectivity index (χ2n) is 4.44. The van der Waals surface area contributed by atoms with Crippen molar-refractivity contribution in [3.8, 4) is 0 Å². The van der Waals surface area contributed by atoms with Crippen molar-refractivity contribution in [1.29, 1.82) is 0 Å². The van der Waals surface area contributed by atoms with Crippen molar-refractivity contribution in [2.24, 2.45) is 5.92 Å². The number of carbonyl (C=O) groups excluding carboxylic acids is 1. The van der Waals surface area contributed by atoms with E-state index in [-0.39, 0.29) is 12.5 Å². The highest BCUT2D eigenvalue weighted by atomic mass is 16.5. The number of anilines is 1. The van der Waals surface area contributed by atoms with Gasteiger partial charge in [-0.3, -0.25) is 9.69 Å². The first-order valence-corrected chi connectivity index (χ1v) is 5.73. The second kappa shape index (κ2) is 5.29. The molecule has 17 heavy (non-hydrogen) atoms. The lowest BCUT2D eigenvalue weighted by molar-refractivity contribution is -0.117. The number of hydrogen-bond acceptors (Lipinski definition) is 5. The standard InChI is InChI=1S/C11H17N3O3/c1-8-4-10(13-17-8)12-11(16)6-14-3-2-9(5-14)7-15/h4,9,15H,2-3,5-7H2,1H3,(H,12,13,16). The van der Waals surface area contributed by atoms with Gasteiger partial charge in [0.05, 0.1) is 6.54 Å². The van der Waals surface area contributed by atoms with Crippen molar-refractivity contribution in [2.75, 3.05) is 31.6 Å². The quantitative estimate of drug-likeness (QED) is 0.786. The van der Waals surface area contributed by atoms with E-state index in [4.69, 9.17) is 9.63 Å². The molecule has 1 atom stereocenters. The Balaban J connectivity index is 1.78. The van der Waals surface area contributed by atoms with Gasteiger partial charge in [-0.05, 0) is 25.8 Å². The highest BCUT2D eigenvalue weighted by molar-refractivity contribution is 5.91. The van der Waals surface area contributed by atoms with Gasteiger partial charge in [0, 0.05) is 19.2 Å². The molecule has 94 valence electrons. The first-order valence-electron chi connectivity index (χ1n) is 5.73. The number of nitrogens with zero attached hydrogens (tertiary/aromatic N) is 2. The average molecular weight is 239 g/mol. The number of rotatable bonds is 4. The van der Waals surface area contributed by atoms with Crippen molar-refractivity contribution in [3.05, 3.63) is 11.8 Å². The van der Waals surface area contributed by atoms with Crippen molar-refractivity contribution < 1.29 is 14.4 Å². The maximum atomic E-state index is 11.7. The largest absolute Gasteiger partial charge is 0.396 e. The van der Waals surface area contributed by atoms with Crippen LogP contribution < -0.4 is 5.32 Å². The SMILES string of the molecule is Cc1cc(NC(=O)CN2CCC(CO)C2)no1. The number of amides is 1. The third kappa shape index (κ3) is 3.28. The Hall–Kier alpha value is -1.40. The summed E-state index contributed by atoms with van der Waals surface area (Å²) in [5.74, 6) is 1.32. The minimum Gasteiger partial charge on any atom is -0.396 e. The number of likely N-dealkylation sites (tertiary alicyclic amines) is 1. The third-order valence-corrected chi connectivity index (χ3v) is 2.89. The van der Waals surface area contributed by atoms with Gasteiger partial charge in [-0.1, -0.05) is 5.16 Å². The first-order chi connectivity index (χ1) is 8.17. The van der Waals surface area contributed by atoms with Gasteiger partial charge in [0.15, 0.2) is 5.82 Å². The minimum atomic E-state index is -0.100. The molecule has 1 saturated heterocycles. The summed E-state index contributed by atoms with van der Waals surface area (Å²) in [5, 5.41) is 15.4. The zero-order chi connectivity index (χ0) is 12.3. The van der Waals surface area contributed by atoms with Gasteiger partial charge < -0.3 is 14.9 Å². The van der Waals surface area contributed by atoms with Gasteiger partial charge in [0.25, 0.3) is 0 Å². The molecule has 1 amide bonds. The van der Waals surface area contributed by atoms with E-state index in [0.717, 1.165) is 19.5 Å². The topological polar surface area (TPSA) is 78.6 Å². The van der Waals surface area contributed by atoms with Crippen LogP contribution in [0.5, 0.6) is 0 Å². The molecule has 0 radical (unpaired) electrons. The molecule has 1 aliphatic rings. The Kier molecular flexibility index (Phi) is 3.75. The molecule has 1 fully saturated rings. The van der Waals surface area contributed by atoms with Crippen molar-refractivity contribution in [1.82, 2.24) is 10.1 Å². The summed E-state index contributed by atoms with van der Waals surface area (Å²) in [6, 6.07) is 1.68. The van der Waals surface area contributed by atoms with E-state index in [9.17, 15) is 4.79 Å². The van der Waals surface area contributed by atoms with Crippen molar-refractivity contribution in [3.63, 3.8) is 0 Å². The van der Waals surface area contributed by atoms with Crippen LogP contribution in [0.3, 0.4) is 0 Å². The Morgan fingerprint density at radius 3 is 3.18 bits per heavy atom. The molecule has 2 heterocycles. The zero-order valence-electron chi connectivity index (χ0n) is 9.85. The fourth-order valence-electron chi connectivity index (χ4n) is 2.02. The number of aliphatic hydroxyl groups excluding tert-OH is 1. The van der Waals surface area contributed by atoms with E-state index in [2.05, 4.69) is 10.5 Å². The third-order valence-electron chi connectivity index (χ3n) is 2.89. The molecule has 1 aliphatic heterocycles. The fraction of sp³-hybridized carbons (Fsp3) is 0.636. The summed E-state index contributed by atoms with van der Waals surface area (Å²) in [7, 11) is 0. The molecule has 0 aromatic carbocycles. The zero-order valence-corrected chi connectivity index (χ0v) is 9.85. The number of hydrogen-bond donors (Lipinski definition) is 2. The summed E-state index contributed by atoms with van der Waals surface area (Å²) in [4.78, 5) is 13.7. The predicted octanol–water partition coefficient (Wildman–Crippen LogP) is 0.236. The highest BCUT2D eigenvalue weighted by Gasteiger charge is 2.23. The van der Waals surface area contributed by atoms with Gasteiger partial charge in [-0.15, -0.1) is 0 Å². The lowest BCUT2D eigenvalue weighted by Gasteiger charge is -2.14. The van der Waals surface area contributed by atoms with E-state index in [0.29, 0.717) is 24.0 Å². The Bertz CT molecular complexity index is 391. The highest BCUT2D eigenvalue weighted by Crippen LogP contribution is 2.15. The Labute approximate surface area is 99.6 Å². The summed E-state index contributed by atoms with van der Waals surface area (Å²) in [6.45, 7) is 3.94. The molecule has 1 unspecified atom stereocenters. The van der Waals surface area contributed by atoms with Crippen molar-refractivity contribution >= 4 is 11.7 Å². The number of aliphatic hydroxyl groups is 1. The number of aryl methyl sites for hydroxylation is 1.